The lowest BCUT2D eigenvalue weighted by Crippen LogP contribution is -2.42. The number of rotatable bonds is 25. The molecule has 0 spiro atoms. The molecule has 22 heteroatoms. The third-order valence-corrected chi connectivity index (χ3v) is 17.8. The van der Waals surface area contributed by atoms with Crippen molar-refractivity contribution in [1.29, 1.82) is 0 Å². The lowest BCUT2D eigenvalue weighted by Gasteiger charge is -2.34. The van der Waals surface area contributed by atoms with Crippen molar-refractivity contribution in [3.05, 3.63) is 25.3 Å². The van der Waals surface area contributed by atoms with Gasteiger partial charge in [-0.3, -0.25) is 0 Å². The Hall–Kier alpha value is -5.96. The predicted octanol–water partition coefficient (Wildman–Crippen LogP) is 15.1. The quantitative estimate of drug-likeness (QED) is 0.0163. The molecule has 6 amide bonds. The van der Waals surface area contributed by atoms with Crippen LogP contribution in [0.2, 0.25) is 0 Å². The lowest BCUT2D eigenvalue weighted by atomic mass is 9.76. The first kappa shape index (κ1) is 88.2. The summed E-state index contributed by atoms with van der Waals surface area (Å²) in [5.74, 6) is 2.40. The highest BCUT2D eigenvalue weighted by Gasteiger charge is 2.33. The molecular formula is C68H128N6O16. The van der Waals surface area contributed by atoms with Gasteiger partial charge in [0.1, 0.15) is 38.6 Å². The molecule has 90 heavy (non-hydrogen) atoms. The largest absolute Gasteiger partial charge is 0.459 e. The van der Waals surface area contributed by atoms with Gasteiger partial charge in [0.2, 0.25) is 6.79 Å². The second-order valence-corrected chi connectivity index (χ2v) is 24.2. The summed E-state index contributed by atoms with van der Waals surface area (Å²) in [6.45, 7) is 9.54. The Balaban J connectivity index is -0.00000946. The molecule has 6 saturated carbocycles. The van der Waals surface area contributed by atoms with E-state index in [1.807, 2.05) is 0 Å². The average molecular weight is 1290 g/mol. The fraction of sp³-hybridized carbons (Fsp3) is 0.824. The van der Waals surface area contributed by atoms with Crippen molar-refractivity contribution in [2.75, 3.05) is 33.2 Å². The Morgan fingerprint density at radius 1 is 0.322 bits per heavy atom. The average Bonchev–Trinajstić information content (AvgIpc) is 1.37. The normalized spacial score (nSPS) is 26.4. The summed E-state index contributed by atoms with van der Waals surface area (Å²) < 4.78 is 41.5. The van der Waals surface area contributed by atoms with Crippen LogP contribution in [0, 0.1) is 35.5 Å². The number of esters is 2. The summed E-state index contributed by atoms with van der Waals surface area (Å²) in [7, 11) is 0. The zero-order chi connectivity index (χ0) is 58.6. The van der Waals surface area contributed by atoms with Crippen LogP contribution in [0.15, 0.2) is 25.3 Å². The van der Waals surface area contributed by atoms with Gasteiger partial charge in [-0.2, -0.15) is 0 Å². The minimum atomic E-state index is -0.648. The van der Waals surface area contributed by atoms with Crippen molar-refractivity contribution in [3.8, 4) is 0 Å². The van der Waals surface area contributed by atoms with Crippen LogP contribution >= 0.6 is 0 Å². The van der Waals surface area contributed by atoms with E-state index in [4.69, 9.17) is 33.2 Å². The smallest absolute Gasteiger partial charge is 0.410 e. The molecule has 6 fully saturated rings. The highest BCUT2D eigenvalue weighted by atomic mass is 16.7. The van der Waals surface area contributed by atoms with Gasteiger partial charge in [-0.25, -0.2) is 38.4 Å². The Morgan fingerprint density at radius 3 is 0.811 bits per heavy atom. The van der Waals surface area contributed by atoms with E-state index in [0.717, 1.165) is 186 Å². The number of alkyl carbamates (subject to hydrolysis) is 6. The predicted molar refractivity (Wildman–Crippen MR) is 356 cm³/mol. The van der Waals surface area contributed by atoms with Crippen molar-refractivity contribution in [3.63, 3.8) is 0 Å². The fourth-order valence-corrected chi connectivity index (χ4v) is 13.3. The Morgan fingerprint density at radius 2 is 0.544 bits per heavy atom. The second-order valence-electron chi connectivity index (χ2n) is 24.2. The highest BCUT2D eigenvalue weighted by molar-refractivity contribution is 5.81. The van der Waals surface area contributed by atoms with Crippen LogP contribution in [0.5, 0.6) is 0 Å². The molecule has 0 saturated heterocycles. The van der Waals surface area contributed by atoms with E-state index in [9.17, 15) is 38.4 Å². The maximum Gasteiger partial charge on any atom is 0.410 e. The van der Waals surface area contributed by atoms with Crippen LogP contribution in [0.4, 0.5) is 28.8 Å². The van der Waals surface area contributed by atoms with Crippen molar-refractivity contribution >= 4 is 48.5 Å². The fourth-order valence-electron chi connectivity index (χ4n) is 13.3. The zero-order valence-electron chi connectivity index (χ0n) is 48.8. The minimum Gasteiger partial charge on any atom is -0.459 e. The first-order valence-corrected chi connectivity index (χ1v) is 30.8. The number of amides is 6. The molecule has 6 aliphatic carbocycles. The monoisotopic (exact) mass is 1280 g/mol. The van der Waals surface area contributed by atoms with Gasteiger partial charge < -0.3 is 69.8 Å². The minimum absolute atomic E-state index is 0. The number of hydrogen-bond donors (Lipinski definition) is 6. The van der Waals surface area contributed by atoms with Crippen molar-refractivity contribution < 1.29 is 76.3 Å². The Kier molecular flexibility index (Phi) is 46.9. The van der Waals surface area contributed by atoms with Gasteiger partial charge in [-0.1, -0.05) is 72.6 Å². The SMILES string of the molecule is C.C.C.C.C.C.C.C.C=CC(=O)OCCOC(=O)NC1CCC(CC2CCC(NC(=O)OCC(C)OC(=O)NC3CCC(CC4CCC(NC(=O)OCC(C)OC(=O)NC5CCC(CC6CCC(NC(=O)OCOC(=O)C=C)CC6)CC5)CC4)CC3)CC2)CC1. The van der Waals surface area contributed by atoms with Crippen molar-refractivity contribution in [1.82, 2.24) is 31.9 Å². The molecule has 2 unspecified atom stereocenters. The molecule has 0 bridgehead atoms. The van der Waals surface area contributed by atoms with Crippen LogP contribution in [0.25, 0.3) is 0 Å². The van der Waals surface area contributed by atoms with Crippen molar-refractivity contribution in [2.24, 2.45) is 35.5 Å². The van der Waals surface area contributed by atoms with Crippen LogP contribution in [-0.2, 0) is 47.5 Å². The maximum absolute atomic E-state index is 12.8. The molecule has 0 aromatic rings. The molecule has 0 radical (unpaired) electrons. The van der Waals surface area contributed by atoms with Gasteiger partial charge in [-0.15, -0.1) is 0 Å². The number of hydrogen-bond acceptors (Lipinski definition) is 16. The van der Waals surface area contributed by atoms with E-state index >= 15 is 0 Å². The number of ether oxygens (including phenoxy) is 8. The summed E-state index contributed by atoms with van der Waals surface area (Å²) in [4.78, 5) is 97.2. The summed E-state index contributed by atoms with van der Waals surface area (Å²) in [5.41, 5.74) is 0. The van der Waals surface area contributed by atoms with Gasteiger partial charge >= 0.3 is 48.5 Å². The van der Waals surface area contributed by atoms with Gasteiger partial charge in [-0.05, 0) is 223 Å². The van der Waals surface area contributed by atoms with Gasteiger partial charge in [0.05, 0.1) is 0 Å². The first-order chi connectivity index (χ1) is 39.5. The molecule has 0 aromatic heterocycles. The van der Waals surface area contributed by atoms with E-state index in [1.54, 1.807) is 13.8 Å². The summed E-state index contributed by atoms with van der Waals surface area (Å²) >= 11 is 0. The van der Waals surface area contributed by atoms with Crippen LogP contribution in [0.1, 0.15) is 247 Å². The standard InChI is InChI=1S/C60H96N6O16.8CH4/c1-5-53(67)75-31-32-76-55(69)61-47-19-7-41(8-20-47)33-42-9-21-48(22-10-42)62-56(70)77-36-39(3)81-59(73)65-51-27-15-45(16-28-51)34-43-11-23-49(24-12-43)63-57(71)78-37-40(4)82-60(74)66-52-29-17-46(18-30-52)35-44-13-25-50(26-14-44)64-58(72)80-38-79-54(68)6-2;;;;;;;;/h5-6,39-52H,1-2,7-38H2,3-4H3,(H,61,69)(H,62,70)(H,63,71)(H,64,72)(H,65,73)(H,66,74);8*1H4. The maximum atomic E-state index is 12.8. The van der Waals surface area contributed by atoms with E-state index in [0.29, 0.717) is 35.5 Å². The lowest BCUT2D eigenvalue weighted by molar-refractivity contribution is -0.145. The van der Waals surface area contributed by atoms with Gasteiger partial charge in [0.15, 0.2) is 0 Å². The van der Waals surface area contributed by atoms with E-state index in [-0.39, 0.29) is 122 Å². The molecule has 22 nitrogen and oxygen atoms in total. The molecule has 6 rings (SSSR count). The molecule has 0 aliphatic heterocycles. The van der Waals surface area contributed by atoms with Crippen LogP contribution < -0.4 is 31.9 Å². The number of carbonyl (C=O) groups excluding carboxylic acids is 8. The molecule has 0 heterocycles. The molecule has 526 valence electrons. The molecular weight excluding hydrogens is 1160 g/mol. The number of carbonyl (C=O) groups is 8. The zero-order valence-corrected chi connectivity index (χ0v) is 48.8. The number of nitrogens with one attached hydrogen (secondary N) is 6. The van der Waals surface area contributed by atoms with Crippen molar-refractivity contribution in [2.45, 2.75) is 295 Å². The topological polar surface area (TPSA) is 283 Å². The third kappa shape index (κ3) is 34.5. The summed E-state index contributed by atoms with van der Waals surface area (Å²) in [6.07, 6.45) is 24.3. The Labute approximate surface area is 543 Å². The van der Waals surface area contributed by atoms with Crippen LogP contribution in [0.3, 0.4) is 0 Å². The first-order valence-electron chi connectivity index (χ1n) is 30.8. The molecule has 2 atom stereocenters. The molecule has 6 N–H and O–H groups in total. The van der Waals surface area contributed by atoms with E-state index in [1.165, 1.54) is 0 Å². The second kappa shape index (κ2) is 47.9. The van der Waals surface area contributed by atoms with E-state index in [2.05, 4.69) is 49.8 Å². The molecule has 6 aliphatic rings. The van der Waals surface area contributed by atoms with Gasteiger partial charge in [0.25, 0.3) is 0 Å². The van der Waals surface area contributed by atoms with Crippen LogP contribution in [-0.4, -0.2) is 130 Å². The molecule has 0 aromatic carbocycles. The van der Waals surface area contributed by atoms with E-state index < -0.39 is 67.5 Å². The highest BCUT2D eigenvalue weighted by Crippen LogP contribution is 2.38. The Bertz CT molecular complexity index is 2040. The van der Waals surface area contributed by atoms with Gasteiger partial charge in [0, 0.05) is 48.4 Å². The summed E-state index contributed by atoms with van der Waals surface area (Å²) in [6, 6.07) is 0.303. The summed E-state index contributed by atoms with van der Waals surface area (Å²) in [5, 5.41) is 17.8. The third-order valence-electron chi connectivity index (χ3n) is 17.8.